The number of rotatable bonds is 4. The van der Waals surface area contributed by atoms with E-state index in [1.807, 2.05) is 30.3 Å². The first-order valence-electron chi connectivity index (χ1n) is 5.73. The maximum Gasteiger partial charge on any atom is 0.216 e. The van der Waals surface area contributed by atoms with Crippen molar-refractivity contribution in [1.29, 1.82) is 0 Å². The Morgan fingerprint density at radius 1 is 1.39 bits per heavy atom. The molecule has 0 spiro atoms. The second-order valence-electron chi connectivity index (χ2n) is 4.02. The van der Waals surface area contributed by atoms with Crippen LogP contribution in [0.4, 0.5) is 4.39 Å². The maximum absolute atomic E-state index is 14.4. The lowest BCUT2D eigenvalue weighted by atomic mass is 9.94. The van der Waals surface area contributed by atoms with Crippen LogP contribution in [0, 0.1) is 0 Å². The Morgan fingerprint density at radius 3 is 2.78 bits per heavy atom. The molecule has 94 valence electrons. The molecule has 0 saturated carbocycles. The Morgan fingerprint density at radius 2 is 2.11 bits per heavy atom. The van der Waals surface area contributed by atoms with E-state index in [-0.39, 0.29) is 6.42 Å². The molecule has 1 aromatic rings. The fourth-order valence-electron chi connectivity index (χ4n) is 1.91. The number of allylic oxidation sites excluding steroid dienone is 3. The highest BCUT2D eigenvalue weighted by Crippen LogP contribution is 2.43. The van der Waals surface area contributed by atoms with Crippen LogP contribution in [0.1, 0.15) is 12.0 Å². The van der Waals surface area contributed by atoms with Gasteiger partial charge in [0, 0.05) is 6.42 Å². The molecule has 18 heavy (non-hydrogen) atoms. The van der Waals surface area contributed by atoms with Crippen LogP contribution in [-0.4, -0.2) is 11.7 Å². The predicted molar refractivity (Wildman–Crippen MR) is 73.0 cm³/mol. The Labute approximate surface area is 111 Å². The topological polar surface area (TPSA) is 9.23 Å². The third-order valence-electron chi connectivity index (χ3n) is 2.67. The van der Waals surface area contributed by atoms with Crippen LogP contribution in [-0.2, 0) is 4.74 Å². The number of benzene rings is 1. The second-order valence-corrected chi connectivity index (χ2v) is 4.61. The summed E-state index contributed by atoms with van der Waals surface area (Å²) < 4.78 is 19.9. The van der Waals surface area contributed by atoms with Crippen molar-refractivity contribution in [2.45, 2.75) is 11.5 Å². The summed E-state index contributed by atoms with van der Waals surface area (Å²) in [6, 6.07) is 9.21. The molecule has 2 rings (SSSR count). The highest BCUT2D eigenvalue weighted by atomic mass is 35.5. The standard InChI is InChI=1S/C15H14ClFO/c1-2-11-18-13-9-6-10-15(16,17)14(13)12-7-4-3-5-8-12/h2-9H,1,10-11H2. The molecule has 0 amide bonds. The first-order chi connectivity index (χ1) is 8.65. The number of alkyl halides is 2. The van der Waals surface area contributed by atoms with Gasteiger partial charge in [-0.1, -0.05) is 60.7 Å². The average molecular weight is 265 g/mol. The van der Waals surface area contributed by atoms with Crippen molar-refractivity contribution in [2.75, 3.05) is 6.61 Å². The Kier molecular flexibility index (Phi) is 3.87. The lowest BCUT2D eigenvalue weighted by Crippen LogP contribution is -2.21. The van der Waals surface area contributed by atoms with Gasteiger partial charge in [-0.15, -0.1) is 0 Å². The van der Waals surface area contributed by atoms with Gasteiger partial charge in [-0.25, -0.2) is 4.39 Å². The van der Waals surface area contributed by atoms with Crippen molar-refractivity contribution in [3.63, 3.8) is 0 Å². The Balaban J connectivity index is 2.48. The van der Waals surface area contributed by atoms with E-state index < -0.39 is 5.13 Å². The van der Waals surface area contributed by atoms with Gasteiger partial charge in [-0.2, -0.15) is 0 Å². The summed E-state index contributed by atoms with van der Waals surface area (Å²) in [6.07, 6.45) is 5.19. The molecule has 0 aliphatic heterocycles. The van der Waals surface area contributed by atoms with Gasteiger partial charge in [0.05, 0.1) is 5.57 Å². The zero-order chi connectivity index (χ0) is 13.0. The molecule has 1 aliphatic rings. The molecule has 1 nitrogen and oxygen atoms in total. The molecule has 0 heterocycles. The molecule has 3 heteroatoms. The summed E-state index contributed by atoms with van der Waals surface area (Å²) in [7, 11) is 0. The first-order valence-corrected chi connectivity index (χ1v) is 6.11. The molecule has 0 bridgehead atoms. The number of halogens is 2. The molecular formula is C15H14ClFO. The molecule has 0 radical (unpaired) electrons. The summed E-state index contributed by atoms with van der Waals surface area (Å²) in [6.45, 7) is 3.90. The molecule has 1 aliphatic carbocycles. The Hall–Kier alpha value is -1.54. The van der Waals surface area contributed by atoms with Gasteiger partial charge in [0.25, 0.3) is 0 Å². The van der Waals surface area contributed by atoms with Crippen molar-refractivity contribution in [1.82, 2.24) is 0 Å². The van der Waals surface area contributed by atoms with Gasteiger partial charge in [0.2, 0.25) is 5.13 Å². The summed E-state index contributed by atoms with van der Waals surface area (Å²) in [5, 5.41) is -1.92. The third kappa shape index (κ3) is 2.65. The van der Waals surface area contributed by atoms with Crippen LogP contribution in [0.3, 0.4) is 0 Å². The number of hydrogen-bond acceptors (Lipinski definition) is 1. The lowest BCUT2D eigenvalue weighted by molar-refractivity contribution is 0.251. The summed E-state index contributed by atoms with van der Waals surface area (Å²) >= 11 is 5.96. The van der Waals surface area contributed by atoms with E-state index in [4.69, 9.17) is 16.3 Å². The summed E-state index contributed by atoms with van der Waals surface area (Å²) in [4.78, 5) is 0. The fraction of sp³-hybridized carbons (Fsp3) is 0.200. The van der Waals surface area contributed by atoms with Crippen LogP contribution in [0.2, 0.25) is 0 Å². The number of hydrogen-bond donors (Lipinski definition) is 0. The van der Waals surface area contributed by atoms with E-state index >= 15 is 0 Å². The van der Waals surface area contributed by atoms with Crippen LogP contribution < -0.4 is 0 Å². The molecule has 1 atom stereocenters. The van der Waals surface area contributed by atoms with E-state index in [9.17, 15) is 4.39 Å². The SMILES string of the molecule is C=CCOC1=C(c2ccccc2)C(F)(Cl)CC=C1. The second kappa shape index (κ2) is 5.40. The molecule has 1 aromatic carbocycles. The van der Waals surface area contributed by atoms with E-state index in [1.54, 1.807) is 18.2 Å². The van der Waals surface area contributed by atoms with Gasteiger partial charge in [-0.3, -0.25) is 0 Å². The molecule has 0 fully saturated rings. The minimum Gasteiger partial charge on any atom is -0.489 e. The summed E-state index contributed by atoms with van der Waals surface area (Å²) in [5.74, 6) is 0.463. The van der Waals surface area contributed by atoms with Gasteiger partial charge >= 0.3 is 0 Å². The number of ether oxygens (including phenoxy) is 1. The van der Waals surface area contributed by atoms with E-state index in [2.05, 4.69) is 6.58 Å². The molecule has 0 N–H and O–H groups in total. The van der Waals surface area contributed by atoms with Crippen molar-refractivity contribution in [2.24, 2.45) is 0 Å². The van der Waals surface area contributed by atoms with Crippen LogP contribution in [0.25, 0.3) is 5.57 Å². The summed E-state index contributed by atoms with van der Waals surface area (Å²) in [5.41, 5.74) is 1.12. The minimum atomic E-state index is -1.92. The molecule has 0 aromatic heterocycles. The third-order valence-corrected chi connectivity index (χ3v) is 3.02. The van der Waals surface area contributed by atoms with Gasteiger partial charge < -0.3 is 4.74 Å². The zero-order valence-electron chi connectivity index (χ0n) is 9.90. The van der Waals surface area contributed by atoms with Crippen molar-refractivity contribution in [3.8, 4) is 0 Å². The highest BCUT2D eigenvalue weighted by Gasteiger charge is 2.36. The Bertz CT molecular complexity index is 488. The van der Waals surface area contributed by atoms with Crippen LogP contribution in [0.5, 0.6) is 0 Å². The van der Waals surface area contributed by atoms with Crippen molar-refractivity contribution >= 4 is 17.2 Å². The van der Waals surface area contributed by atoms with E-state index in [1.165, 1.54) is 0 Å². The molecule has 0 saturated heterocycles. The van der Waals surface area contributed by atoms with Gasteiger partial charge in [-0.05, 0) is 11.6 Å². The molecular weight excluding hydrogens is 251 g/mol. The van der Waals surface area contributed by atoms with Gasteiger partial charge in [0.15, 0.2) is 0 Å². The lowest BCUT2D eigenvalue weighted by Gasteiger charge is -2.26. The quantitative estimate of drug-likeness (QED) is 0.576. The zero-order valence-corrected chi connectivity index (χ0v) is 10.7. The smallest absolute Gasteiger partial charge is 0.216 e. The monoisotopic (exact) mass is 264 g/mol. The normalized spacial score (nSPS) is 23.0. The largest absolute Gasteiger partial charge is 0.489 e. The highest BCUT2D eigenvalue weighted by molar-refractivity contribution is 6.29. The average Bonchev–Trinajstić information content (AvgIpc) is 2.36. The maximum atomic E-state index is 14.4. The minimum absolute atomic E-state index is 0.139. The van der Waals surface area contributed by atoms with E-state index in [0.29, 0.717) is 17.9 Å². The van der Waals surface area contributed by atoms with E-state index in [0.717, 1.165) is 5.56 Å². The van der Waals surface area contributed by atoms with Crippen molar-refractivity contribution in [3.05, 3.63) is 66.5 Å². The predicted octanol–water partition coefficient (Wildman–Crippen LogP) is 4.46. The first kappa shape index (κ1) is 12.9. The van der Waals surface area contributed by atoms with Crippen LogP contribution >= 0.6 is 11.6 Å². The molecule has 1 unspecified atom stereocenters. The van der Waals surface area contributed by atoms with Gasteiger partial charge in [0.1, 0.15) is 12.4 Å². The van der Waals surface area contributed by atoms with Crippen molar-refractivity contribution < 1.29 is 9.13 Å². The fourth-order valence-corrected chi connectivity index (χ4v) is 2.20. The van der Waals surface area contributed by atoms with Crippen LogP contribution in [0.15, 0.2) is 60.9 Å².